The second-order valence-corrected chi connectivity index (χ2v) is 5.57. The Morgan fingerprint density at radius 2 is 2.00 bits per heavy atom. The van der Waals surface area contributed by atoms with Crippen LogP contribution in [0.3, 0.4) is 0 Å². The summed E-state index contributed by atoms with van der Waals surface area (Å²) in [6, 6.07) is 4.36. The zero-order valence-corrected chi connectivity index (χ0v) is 16.4. The fraction of sp³-hybridized carbons (Fsp3) is 0.562. The molecule has 1 aliphatic rings. The number of nitrogens with one attached hydrogen (secondary N) is 1. The first-order valence-electron chi connectivity index (χ1n) is 7.98. The lowest BCUT2D eigenvalue weighted by Gasteiger charge is -2.29. The smallest absolute Gasteiger partial charge is 0.378 e. The van der Waals surface area contributed by atoms with Gasteiger partial charge in [0.05, 0.1) is 25.3 Å². The highest BCUT2D eigenvalue weighted by Crippen LogP contribution is 2.35. The lowest BCUT2D eigenvalue weighted by atomic mass is 10.1. The molecule has 1 aliphatic heterocycles. The van der Waals surface area contributed by atoms with E-state index in [1.165, 1.54) is 12.1 Å². The lowest BCUT2D eigenvalue weighted by molar-refractivity contribution is -0.138. The van der Waals surface area contributed by atoms with Crippen LogP contribution in [0.5, 0.6) is 0 Å². The summed E-state index contributed by atoms with van der Waals surface area (Å²) in [5.74, 6) is 0.155. The number of hydrogen-bond acceptors (Lipinski definition) is 3. The van der Waals surface area contributed by atoms with Crippen molar-refractivity contribution in [1.82, 2.24) is 5.32 Å². The number of ether oxygens (including phenoxy) is 1. The molecule has 1 aromatic carbocycles. The van der Waals surface area contributed by atoms with Crippen LogP contribution in [-0.2, 0) is 17.5 Å². The number of nitrogens with zero attached hydrogens (tertiary/aromatic N) is 2. The molecular formula is C16H24F3IN4O. The normalized spacial score (nSPS) is 15.7. The average molecular weight is 472 g/mol. The number of nitrogens with two attached hydrogens (primary N) is 1. The van der Waals surface area contributed by atoms with E-state index in [0.717, 1.165) is 6.42 Å². The Labute approximate surface area is 162 Å². The van der Waals surface area contributed by atoms with Crippen LogP contribution in [0, 0.1) is 0 Å². The van der Waals surface area contributed by atoms with Gasteiger partial charge in [0, 0.05) is 25.3 Å². The topological polar surface area (TPSA) is 62.9 Å². The number of anilines is 1. The highest BCUT2D eigenvalue weighted by molar-refractivity contribution is 14.0. The molecule has 0 unspecified atom stereocenters. The molecule has 0 bridgehead atoms. The molecule has 0 aliphatic carbocycles. The second-order valence-electron chi connectivity index (χ2n) is 5.57. The fourth-order valence-corrected chi connectivity index (χ4v) is 2.46. The number of morpholine rings is 1. The number of benzene rings is 1. The van der Waals surface area contributed by atoms with Crippen molar-refractivity contribution in [2.45, 2.75) is 26.1 Å². The van der Waals surface area contributed by atoms with Gasteiger partial charge in [-0.1, -0.05) is 13.0 Å². The monoisotopic (exact) mass is 472 g/mol. The van der Waals surface area contributed by atoms with Crippen molar-refractivity contribution in [3.63, 3.8) is 0 Å². The molecule has 1 aromatic rings. The Bertz CT molecular complexity index is 575. The van der Waals surface area contributed by atoms with Gasteiger partial charge in [0.1, 0.15) is 0 Å². The molecule has 0 saturated carbocycles. The maximum atomic E-state index is 13.4. The molecule has 1 saturated heterocycles. The molecule has 9 heteroatoms. The van der Waals surface area contributed by atoms with Gasteiger partial charge in [0.15, 0.2) is 5.96 Å². The van der Waals surface area contributed by atoms with Crippen LogP contribution in [0.4, 0.5) is 18.9 Å². The first kappa shape index (κ1) is 21.8. The van der Waals surface area contributed by atoms with Crippen molar-refractivity contribution < 1.29 is 17.9 Å². The van der Waals surface area contributed by atoms with Crippen LogP contribution in [0.25, 0.3) is 0 Å². The van der Waals surface area contributed by atoms with Gasteiger partial charge in [-0.3, -0.25) is 0 Å². The van der Waals surface area contributed by atoms with Crippen LogP contribution < -0.4 is 16.0 Å². The van der Waals surface area contributed by atoms with Gasteiger partial charge in [-0.2, -0.15) is 13.2 Å². The summed E-state index contributed by atoms with van der Waals surface area (Å²) in [7, 11) is 0. The van der Waals surface area contributed by atoms with Gasteiger partial charge < -0.3 is 20.7 Å². The van der Waals surface area contributed by atoms with E-state index in [1.807, 2.05) is 11.8 Å². The molecule has 0 radical (unpaired) electrons. The molecule has 142 valence electrons. The van der Waals surface area contributed by atoms with E-state index in [4.69, 9.17) is 10.5 Å². The molecule has 5 nitrogen and oxygen atoms in total. The number of aliphatic imine (C=N–C) groups is 1. The van der Waals surface area contributed by atoms with Gasteiger partial charge in [-0.15, -0.1) is 24.0 Å². The van der Waals surface area contributed by atoms with Crippen molar-refractivity contribution in [2.24, 2.45) is 10.7 Å². The summed E-state index contributed by atoms with van der Waals surface area (Å²) >= 11 is 0. The Hall–Kier alpha value is -1.23. The van der Waals surface area contributed by atoms with Crippen molar-refractivity contribution in [3.05, 3.63) is 29.3 Å². The van der Waals surface area contributed by atoms with Gasteiger partial charge in [0.25, 0.3) is 0 Å². The van der Waals surface area contributed by atoms with Gasteiger partial charge in [-0.25, -0.2) is 4.99 Å². The largest absolute Gasteiger partial charge is 0.416 e. The Kier molecular flexibility index (Phi) is 8.77. The van der Waals surface area contributed by atoms with Gasteiger partial charge >= 0.3 is 6.18 Å². The van der Waals surface area contributed by atoms with Gasteiger partial charge in [0.2, 0.25) is 0 Å². The van der Waals surface area contributed by atoms with Crippen molar-refractivity contribution >= 4 is 35.6 Å². The first-order chi connectivity index (χ1) is 11.4. The van der Waals surface area contributed by atoms with E-state index < -0.39 is 11.7 Å². The van der Waals surface area contributed by atoms with Crippen LogP contribution in [0.15, 0.2) is 23.2 Å². The third-order valence-electron chi connectivity index (χ3n) is 3.75. The average Bonchev–Trinajstić information content (AvgIpc) is 2.58. The fourth-order valence-electron chi connectivity index (χ4n) is 2.46. The number of alkyl halides is 3. The first-order valence-corrected chi connectivity index (χ1v) is 7.98. The standard InChI is InChI=1S/C16H23F3N4O.HI/c1-2-5-21-15(20)22-11-12-3-4-13(10-14(12)16(17,18)19)23-6-8-24-9-7-23;/h3-4,10H,2,5-9,11H2,1H3,(H3,20,21,22);1H. The number of hydrogen-bond donors (Lipinski definition) is 2. The van der Waals surface area contributed by atoms with E-state index in [2.05, 4.69) is 10.3 Å². The summed E-state index contributed by atoms with van der Waals surface area (Å²) in [4.78, 5) is 5.89. The molecular weight excluding hydrogens is 448 g/mol. The van der Waals surface area contributed by atoms with Crippen LogP contribution in [-0.4, -0.2) is 38.8 Å². The van der Waals surface area contributed by atoms with Crippen LogP contribution in [0.1, 0.15) is 24.5 Å². The SMILES string of the molecule is CCCNC(N)=NCc1ccc(N2CCOCC2)cc1C(F)(F)F.I. The highest BCUT2D eigenvalue weighted by Gasteiger charge is 2.34. The number of guanidine groups is 1. The van der Waals surface area contributed by atoms with Crippen LogP contribution >= 0.6 is 24.0 Å². The summed E-state index contributed by atoms with van der Waals surface area (Å²) in [6.07, 6.45) is -3.57. The molecule has 0 spiro atoms. The van der Waals surface area contributed by atoms with E-state index in [-0.39, 0.29) is 42.0 Å². The minimum absolute atomic E-state index is 0. The van der Waals surface area contributed by atoms with E-state index in [0.29, 0.717) is 38.5 Å². The van der Waals surface area contributed by atoms with Gasteiger partial charge in [-0.05, 0) is 24.1 Å². The summed E-state index contributed by atoms with van der Waals surface area (Å²) < 4.78 is 45.4. The van der Waals surface area contributed by atoms with E-state index in [1.54, 1.807) is 6.07 Å². The minimum Gasteiger partial charge on any atom is -0.378 e. The zero-order chi connectivity index (χ0) is 17.6. The quantitative estimate of drug-likeness (QED) is 0.393. The summed E-state index contributed by atoms with van der Waals surface area (Å²) in [6.45, 7) is 4.70. The maximum Gasteiger partial charge on any atom is 0.416 e. The van der Waals surface area contributed by atoms with Crippen LogP contribution in [0.2, 0.25) is 0 Å². The Morgan fingerprint density at radius 3 is 2.60 bits per heavy atom. The molecule has 1 fully saturated rings. The highest BCUT2D eigenvalue weighted by atomic mass is 127. The van der Waals surface area contributed by atoms with E-state index in [9.17, 15) is 13.2 Å². The van der Waals surface area contributed by atoms with Crippen molar-refractivity contribution in [2.75, 3.05) is 37.7 Å². The molecule has 0 aromatic heterocycles. The van der Waals surface area contributed by atoms with E-state index >= 15 is 0 Å². The third-order valence-corrected chi connectivity index (χ3v) is 3.75. The predicted octanol–water partition coefficient (Wildman–Crippen LogP) is 2.97. The molecule has 2 rings (SSSR count). The molecule has 25 heavy (non-hydrogen) atoms. The summed E-state index contributed by atoms with van der Waals surface area (Å²) in [5, 5.41) is 2.85. The molecule has 3 N–H and O–H groups in total. The van der Waals surface area contributed by atoms with Crippen molar-refractivity contribution in [1.29, 1.82) is 0 Å². The Balaban J connectivity index is 0.00000312. The number of rotatable bonds is 5. The number of halogens is 4. The predicted molar refractivity (Wildman–Crippen MR) is 104 cm³/mol. The zero-order valence-electron chi connectivity index (χ0n) is 14.1. The summed E-state index contributed by atoms with van der Waals surface area (Å²) in [5.41, 5.74) is 5.64. The molecule has 0 atom stereocenters. The van der Waals surface area contributed by atoms with Crippen molar-refractivity contribution in [3.8, 4) is 0 Å². The third kappa shape index (κ3) is 6.53. The maximum absolute atomic E-state index is 13.4. The molecule has 0 amide bonds. The lowest BCUT2D eigenvalue weighted by Crippen LogP contribution is -2.36. The minimum atomic E-state index is -4.43. The Morgan fingerprint density at radius 1 is 1.32 bits per heavy atom. The molecule has 1 heterocycles. The second kappa shape index (κ2) is 10.0.